The molecule has 3 N–H and O–H groups in total. The van der Waals surface area contributed by atoms with Crippen molar-refractivity contribution in [3.8, 4) is 0 Å². The third kappa shape index (κ3) is 10.2. The van der Waals surface area contributed by atoms with Gasteiger partial charge >= 0.3 is 0 Å². The Hall–Kier alpha value is -0.650. The van der Waals surface area contributed by atoms with Crippen LogP contribution in [0.3, 0.4) is 0 Å². The van der Waals surface area contributed by atoms with Crippen molar-refractivity contribution in [1.29, 1.82) is 0 Å². The molecule has 0 fully saturated rings. The molecule has 0 rings (SSSR count). The van der Waals surface area contributed by atoms with Gasteiger partial charge in [-0.3, -0.25) is 4.79 Å². The van der Waals surface area contributed by atoms with E-state index in [1.54, 1.807) is 0 Å². The molecule has 5 nitrogen and oxygen atoms in total. The molecule has 5 heteroatoms. The van der Waals surface area contributed by atoms with E-state index in [1.807, 2.05) is 13.8 Å². The molecular formula is C12H26N2O3. The Morgan fingerprint density at radius 3 is 2.41 bits per heavy atom. The summed E-state index contributed by atoms with van der Waals surface area (Å²) >= 11 is 0. The number of carbonyl (C=O) groups excluding carboxylic acids is 1. The zero-order chi connectivity index (χ0) is 12.9. The highest BCUT2D eigenvalue weighted by molar-refractivity contribution is 5.75. The smallest absolute Gasteiger partial charge is 0.220 e. The molecule has 0 aromatic carbocycles. The highest BCUT2D eigenvalue weighted by atomic mass is 16.7. The minimum Gasteiger partial charge on any atom is -0.356 e. The number of carbonyl (C=O) groups is 1. The molecule has 102 valence electrons. The number of hydrogen-bond donors (Lipinski definition) is 2. The van der Waals surface area contributed by atoms with E-state index >= 15 is 0 Å². The van der Waals surface area contributed by atoms with Gasteiger partial charge in [-0.2, -0.15) is 0 Å². The molecule has 0 heterocycles. The molecule has 0 aliphatic carbocycles. The maximum atomic E-state index is 11.3. The predicted molar refractivity (Wildman–Crippen MR) is 67.6 cm³/mol. The number of ether oxygens (including phenoxy) is 2. The van der Waals surface area contributed by atoms with Crippen molar-refractivity contribution in [2.45, 2.75) is 45.8 Å². The minimum absolute atomic E-state index is 0.0693. The first-order chi connectivity index (χ1) is 8.24. The van der Waals surface area contributed by atoms with Crippen LogP contribution >= 0.6 is 0 Å². The van der Waals surface area contributed by atoms with Crippen LogP contribution in [0.1, 0.15) is 39.5 Å². The van der Waals surface area contributed by atoms with Gasteiger partial charge < -0.3 is 20.5 Å². The Morgan fingerprint density at radius 2 is 1.88 bits per heavy atom. The van der Waals surface area contributed by atoms with Gasteiger partial charge in [-0.25, -0.2) is 0 Å². The van der Waals surface area contributed by atoms with Crippen molar-refractivity contribution >= 4 is 5.91 Å². The van der Waals surface area contributed by atoms with E-state index in [4.69, 9.17) is 15.2 Å². The molecule has 0 aromatic rings. The molecule has 0 saturated heterocycles. The second kappa shape index (κ2) is 11.8. The predicted octanol–water partition coefficient (Wildman–Crippen LogP) is 1.02. The maximum Gasteiger partial charge on any atom is 0.220 e. The second-order valence-electron chi connectivity index (χ2n) is 3.72. The zero-order valence-corrected chi connectivity index (χ0v) is 11.0. The summed E-state index contributed by atoms with van der Waals surface area (Å²) < 4.78 is 10.8. The first kappa shape index (κ1) is 16.4. The summed E-state index contributed by atoms with van der Waals surface area (Å²) in [6.45, 7) is 6.41. The summed E-state index contributed by atoms with van der Waals surface area (Å²) in [5.41, 5.74) is 5.32. The molecule has 0 aliphatic rings. The van der Waals surface area contributed by atoms with Gasteiger partial charge in [-0.05, 0) is 33.2 Å². The average Bonchev–Trinajstić information content (AvgIpc) is 2.32. The molecule has 0 atom stereocenters. The van der Waals surface area contributed by atoms with E-state index in [0.29, 0.717) is 32.7 Å². The van der Waals surface area contributed by atoms with Crippen molar-refractivity contribution in [3.63, 3.8) is 0 Å². The fraction of sp³-hybridized carbons (Fsp3) is 0.917. The summed E-state index contributed by atoms with van der Waals surface area (Å²) in [5, 5.41) is 2.85. The highest BCUT2D eigenvalue weighted by Gasteiger charge is 2.07. The Balaban J connectivity index is 3.49. The lowest BCUT2D eigenvalue weighted by molar-refractivity contribution is -0.140. The van der Waals surface area contributed by atoms with Crippen LogP contribution in [0.25, 0.3) is 0 Å². The lowest BCUT2D eigenvalue weighted by Gasteiger charge is -2.16. The summed E-state index contributed by atoms with van der Waals surface area (Å²) in [4.78, 5) is 11.3. The SMILES string of the molecule is CCOC(CCCNC(=O)CCCN)OCC. The third-order valence-corrected chi connectivity index (χ3v) is 2.25. The molecule has 0 spiro atoms. The van der Waals surface area contributed by atoms with Crippen molar-refractivity contribution in [3.05, 3.63) is 0 Å². The van der Waals surface area contributed by atoms with Gasteiger partial charge in [0.2, 0.25) is 5.91 Å². The summed E-state index contributed by atoms with van der Waals surface area (Å²) in [6.07, 6.45) is 2.77. The van der Waals surface area contributed by atoms with Gasteiger partial charge in [0, 0.05) is 32.6 Å². The van der Waals surface area contributed by atoms with Gasteiger partial charge in [0.25, 0.3) is 0 Å². The average molecular weight is 246 g/mol. The van der Waals surface area contributed by atoms with E-state index in [9.17, 15) is 4.79 Å². The number of nitrogens with two attached hydrogens (primary N) is 1. The lowest BCUT2D eigenvalue weighted by atomic mass is 10.2. The minimum atomic E-state index is -0.147. The quantitative estimate of drug-likeness (QED) is 0.422. The fourth-order valence-corrected chi connectivity index (χ4v) is 1.43. The summed E-state index contributed by atoms with van der Waals surface area (Å²) in [7, 11) is 0. The Kier molecular flexibility index (Phi) is 11.4. The number of hydrogen-bond acceptors (Lipinski definition) is 4. The third-order valence-electron chi connectivity index (χ3n) is 2.25. The topological polar surface area (TPSA) is 73.6 Å². The molecule has 0 aromatic heterocycles. The standard InChI is InChI=1S/C12H26N2O3/c1-3-16-12(17-4-2)8-6-10-14-11(15)7-5-9-13/h12H,3-10,13H2,1-2H3,(H,14,15). The van der Waals surface area contributed by atoms with Gasteiger partial charge in [0.05, 0.1) is 0 Å². The van der Waals surface area contributed by atoms with Crippen LogP contribution in [0.4, 0.5) is 0 Å². The van der Waals surface area contributed by atoms with E-state index in [0.717, 1.165) is 19.3 Å². The summed E-state index contributed by atoms with van der Waals surface area (Å²) in [6, 6.07) is 0. The van der Waals surface area contributed by atoms with E-state index in [1.165, 1.54) is 0 Å². The van der Waals surface area contributed by atoms with Gasteiger partial charge in [-0.15, -0.1) is 0 Å². The number of nitrogens with one attached hydrogen (secondary N) is 1. The van der Waals surface area contributed by atoms with Gasteiger partial charge in [0.15, 0.2) is 6.29 Å². The van der Waals surface area contributed by atoms with E-state index in [2.05, 4.69) is 5.32 Å². The van der Waals surface area contributed by atoms with Gasteiger partial charge in [-0.1, -0.05) is 0 Å². The second-order valence-corrected chi connectivity index (χ2v) is 3.72. The summed E-state index contributed by atoms with van der Waals surface area (Å²) in [5.74, 6) is 0.0693. The van der Waals surface area contributed by atoms with Crippen molar-refractivity contribution in [2.24, 2.45) is 5.73 Å². The monoisotopic (exact) mass is 246 g/mol. The Bertz CT molecular complexity index is 183. The Morgan fingerprint density at radius 1 is 1.24 bits per heavy atom. The maximum absolute atomic E-state index is 11.3. The molecule has 0 radical (unpaired) electrons. The Labute approximate surface area is 104 Å². The molecule has 17 heavy (non-hydrogen) atoms. The first-order valence-electron chi connectivity index (χ1n) is 6.44. The van der Waals surface area contributed by atoms with Crippen molar-refractivity contribution in [1.82, 2.24) is 5.32 Å². The van der Waals surface area contributed by atoms with Crippen molar-refractivity contribution < 1.29 is 14.3 Å². The molecule has 0 unspecified atom stereocenters. The first-order valence-corrected chi connectivity index (χ1v) is 6.44. The zero-order valence-electron chi connectivity index (χ0n) is 11.0. The fourth-order valence-electron chi connectivity index (χ4n) is 1.43. The number of amides is 1. The van der Waals surface area contributed by atoms with E-state index < -0.39 is 0 Å². The lowest BCUT2D eigenvalue weighted by Crippen LogP contribution is -2.26. The van der Waals surface area contributed by atoms with Crippen LogP contribution in [-0.2, 0) is 14.3 Å². The van der Waals surface area contributed by atoms with E-state index in [-0.39, 0.29) is 12.2 Å². The van der Waals surface area contributed by atoms with Crippen LogP contribution in [0.15, 0.2) is 0 Å². The van der Waals surface area contributed by atoms with Crippen LogP contribution in [-0.4, -0.2) is 38.5 Å². The normalized spacial score (nSPS) is 10.8. The molecule has 0 bridgehead atoms. The molecule has 1 amide bonds. The highest BCUT2D eigenvalue weighted by Crippen LogP contribution is 2.03. The van der Waals surface area contributed by atoms with Crippen LogP contribution in [0.2, 0.25) is 0 Å². The van der Waals surface area contributed by atoms with Crippen molar-refractivity contribution in [2.75, 3.05) is 26.3 Å². The van der Waals surface area contributed by atoms with Gasteiger partial charge in [0.1, 0.15) is 0 Å². The van der Waals surface area contributed by atoms with Crippen LogP contribution in [0.5, 0.6) is 0 Å². The molecule has 0 aliphatic heterocycles. The van der Waals surface area contributed by atoms with Crippen LogP contribution in [0, 0.1) is 0 Å². The van der Waals surface area contributed by atoms with Crippen LogP contribution < -0.4 is 11.1 Å². The largest absolute Gasteiger partial charge is 0.356 e. The molecular weight excluding hydrogens is 220 g/mol. The molecule has 0 saturated carbocycles. The number of rotatable bonds is 11.